The van der Waals surface area contributed by atoms with Crippen LogP contribution in [0.3, 0.4) is 0 Å². The largest absolute Gasteiger partial charge is 0.383 e. The van der Waals surface area contributed by atoms with Gasteiger partial charge in [-0.15, -0.1) is 0 Å². The molecule has 0 saturated carbocycles. The molecule has 10 heteroatoms. The van der Waals surface area contributed by atoms with Crippen LogP contribution >= 0.6 is 0 Å². The Kier molecular flexibility index (Phi) is 7.99. The van der Waals surface area contributed by atoms with Crippen LogP contribution in [0, 0.1) is 13.8 Å². The predicted molar refractivity (Wildman–Crippen MR) is 116 cm³/mol. The van der Waals surface area contributed by atoms with Gasteiger partial charge in [0.15, 0.2) is 5.69 Å². The van der Waals surface area contributed by atoms with Crippen LogP contribution in [0.2, 0.25) is 0 Å². The molecule has 1 amide bonds. The minimum atomic E-state index is -0.650. The Bertz CT molecular complexity index is 971. The highest BCUT2D eigenvalue weighted by Gasteiger charge is 2.25. The van der Waals surface area contributed by atoms with Gasteiger partial charge in [0.1, 0.15) is 11.6 Å². The molecular formula is C20H32N6O4. The van der Waals surface area contributed by atoms with Gasteiger partial charge in [0.25, 0.3) is 5.56 Å². The second-order valence-electron chi connectivity index (χ2n) is 7.52. The number of carbonyl (C=O) groups excluding carboxylic acids is 1. The highest BCUT2D eigenvalue weighted by molar-refractivity contribution is 5.96. The summed E-state index contributed by atoms with van der Waals surface area (Å²) in [6.07, 6.45) is 2.20. The third-order valence-electron chi connectivity index (χ3n) is 4.98. The number of nitrogen functional groups attached to an aromatic ring is 1. The summed E-state index contributed by atoms with van der Waals surface area (Å²) in [6.45, 7) is 8.83. The van der Waals surface area contributed by atoms with Crippen molar-refractivity contribution in [3.05, 3.63) is 37.9 Å². The number of nitrogens with one attached hydrogen (secondary N) is 1. The summed E-state index contributed by atoms with van der Waals surface area (Å²) in [5.74, 6) is 0.460. The number of anilines is 2. The monoisotopic (exact) mass is 420 g/mol. The molecule has 2 rings (SSSR count). The lowest BCUT2D eigenvalue weighted by Crippen LogP contribution is -2.45. The van der Waals surface area contributed by atoms with Crippen LogP contribution < -0.4 is 21.9 Å². The maximum Gasteiger partial charge on any atom is 0.330 e. The van der Waals surface area contributed by atoms with Gasteiger partial charge in [-0.25, -0.2) is 4.79 Å². The molecule has 3 N–H and O–H groups in total. The van der Waals surface area contributed by atoms with Crippen LogP contribution in [0.25, 0.3) is 0 Å². The maximum atomic E-state index is 13.2. The number of carbonyl (C=O) groups is 1. The average Bonchev–Trinajstić information content (AvgIpc) is 2.99. The summed E-state index contributed by atoms with van der Waals surface area (Å²) in [5.41, 5.74) is 6.70. The first-order valence-corrected chi connectivity index (χ1v) is 10.2. The van der Waals surface area contributed by atoms with Crippen LogP contribution in [-0.4, -0.2) is 45.7 Å². The van der Waals surface area contributed by atoms with Crippen molar-refractivity contribution in [1.29, 1.82) is 0 Å². The molecule has 0 aliphatic carbocycles. The van der Waals surface area contributed by atoms with Crippen molar-refractivity contribution in [1.82, 2.24) is 19.6 Å². The van der Waals surface area contributed by atoms with Crippen molar-refractivity contribution in [3.8, 4) is 0 Å². The van der Waals surface area contributed by atoms with Gasteiger partial charge >= 0.3 is 5.69 Å². The van der Waals surface area contributed by atoms with Gasteiger partial charge in [0.2, 0.25) is 5.91 Å². The molecule has 0 aliphatic rings. The number of likely N-dealkylation sites (N-methyl/N-ethyl adjacent to an activating group) is 1. The Labute approximate surface area is 175 Å². The predicted octanol–water partition coefficient (Wildman–Crippen LogP) is 1.40. The van der Waals surface area contributed by atoms with Crippen molar-refractivity contribution >= 4 is 17.4 Å². The number of hydrogen-bond donors (Lipinski definition) is 2. The Balaban J connectivity index is 2.33. The Morgan fingerprint density at radius 3 is 2.50 bits per heavy atom. The molecule has 0 aromatic carbocycles. The summed E-state index contributed by atoms with van der Waals surface area (Å²) in [5, 5.41) is 3.94. The number of amides is 1. The topological polar surface area (TPSA) is 130 Å². The molecule has 0 aliphatic heterocycles. The van der Waals surface area contributed by atoms with Crippen LogP contribution in [0.5, 0.6) is 0 Å². The summed E-state index contributed by atoms with van der Waals surface area (Å²) in [6, 6.07) is 0. The van der Waals surface area contributed by atoms with E-state index in [-0.39, 0.29) is 24.0 Å². The van der Waals surface area contributed by atoms with Gasteiger partial charge in [-0.2, -0.15) is 0 Å². The van der Waals surface area contributed by atoms with E-state index >= 15 is 0 Å². The maximum absolute atomic E-state index is 13.2. The Morgan fingerprint density at radius 2 is 1.93 bits per heavy atom. The molecule has 2 aromatic rings. The van der Waals surface area contributed by atoms with E-state index in [1.165, 1.54) is 9.47 Å². The Morgan fingerprint density at radius 1 is 1.23 bits per heavy atom. The molecule has 0 fully saturated rings. The van der Waals surface area contributed by atoms with Crippen LogP contribution in [0.15, 0.2) is 14.1 Å². The summed E-state index contributed by atoms with van der Waals surface area (Å²) in [7, 11) is 1.81. The number of aromatic nitrogens is 3. The number of aromatic amines is 1. The first kappa shape index (κ1) is 23.4. The van der Waals surface area contributed by atoms with Crippen molar-refractivity contribution in [2.75, 3.05) is 30.8 Å². The second-order valence-corrected chi connectivity index (χ2v) is 7.52. The smallest absolute Gasteiger partial charge is 0.330 e. The highest BCUT2D eigenvalue weighted by atomic mass is 16.5. The molecular weight excluding hydrogens is 388 g/mol. The van der Waals surface area contributed by atoms with E-state index in [0.717, 1.165) is 17.7 Å². The lowest BCUT2D eigenvalue weighted by molar-refractivity contribution is -0.119. The molecule has 166 valence electrons. The van der Waals surface area contributed by atoms with E-state index < -0.39 is 11.2 Å². The quantitative estimate of drug-likeness (QED) is 0.594. The first-order valence-electron chi connectivity index (χ1n) is 10.2. The van der Waals surface area contributed by atoms with Crippen LogP contribution in [0.4, 0.5) is 11.5 Å². The van der Waals surface area contributed by atoms with E-state index in [2.05, 4.69) is 10.1 Å². The third-order valence-corrected chi connectivity index (χ3v) is 4.98. The van der Waals surface area contributed by atoms with Gasteiger partial charge in [0, 0.05) is 25.2 Å². The fraction of sp³-hybridized carbons (Fsp3) is 0.600. The standard InChI is InChI=1S/C20H32N6O4/c1-6-8-10-25(17-18(21)26(9-7-2)20(29)22-19(17)28)16(27)12-24(5)11-15-13(3)23-30-14(15)4/h6-12,21H2,1-5H3,(H,22,28,29). The molecule has 0 bridgehead atoms. The molecule has 2 heterocycles. The number of aryl methyl sites for hydroxylation is 2. The molecule has 0 saturated heterocycles. The van der Waals surface area contributed by atoms with E-state index in [4.69, 9.17) is 10.3 Å². The number of unbranched alkanes of at least 4 members (excludes halogenated alkanes) is 1. The van der Waals surface area contributed by atoms with E-state index in [0.29, 0.717) is 38.2 Å². The first-order chi connectivity index (χ1) is 14.2. The summed E-state index contributed by atoms with van der Waals surface area (Å²) < 4.78 is 6.49. The van der Waals surface area contributed by atoms with Crippen LogP contribution in [-0.2, 0) is 17.9 Å². The fourth-order valence-electron chi connectivity index (χ4n) is 3.33. The number of nitrogens with zero attached hydrogens (tertiary/aromatic N) is 4. The number of rotatable bonds is 10. The molecule has 0 atom stereocenters. The molecule has 30 heavy (non-hydrogen) atoms. The minimum Gasteiger partial charge on any atom is -0.383 e. The van der Waals surface area contributed by atoms with Gasteiger partial charge in [0.05, 0.1) is 12.2 Å². The van der Waals surface area contributed by atoms with Crippen molar-refractivity contribution in [3.63, 3.8) is 0 Å². The summed E-state index contributed by atoms with van der Waals surface area (Å²) >= 11 is 0. The average molecular weight is 421 g/mol. The zero-order chi connectivity index (χ0) is 22.4. The molecule has 0 spiro atoms. The zero-order valence-corrected chi connectivity index (χ0v) is 18.4. The number of hydrogen-bond acceptors (Lipinski definition) is 7. The molecule has 10 nitrogen and oxygen atoms in total. The lowest BCUT2D eigenvalue weighted by atomic mass is 10.2. The van der Waals surface area contributed by atoms with Gasteiger partial charge in [-0.05, 0) is 33.7 Å². The normalized spacial score (nSPS) is 11.3. The van der Waals surface area contributed by atoms with Crippen molar-refractivity contribution in [2.45, 2.75) is 60.0 Å². The molecule has 0 unspecified atom stereocenters. The lowest BCUT2D eigenvalue weighted by Gasteiger charge is -2.26. The van der Waals surface area contributed by atoms with E-state index in [9.17, 15) is 14.4 Å². The van der Waals surface area contributed by atoms with Gasteiger partial charge in [-0.1, -0.05) is 25.4 Å². The van der Waals surface area contributed by atoms with Crippen molar-refractivity contribution in [2.24, 2.45) is 0 Å². The fourth-order valence-corrected chi connectivity index (χ4v) is 3.33. The second kappa shape index (κ2) is 10.2. The third kappa shape index (κ3) is 5.18. The summed E-state index contributed by atoms with van der Waals surface area (Å²) in [4.78, 5) is 43.4. The van der Waals surface area contributed by atoms with Crippen molar-refractivity contribution < 1.29 is 9.32 Å². The van der Waals surface area contributed by atoms with E-state index in [1.54, 1.807) is 0 Å². The highest BCUT2D eigenvalue weighted by Crippen LogP contribution is 2.19. The zero-order valence-electron chi connectivity index (χ0n) is 18.4. The SMILES string of the molecule is CCCCN(C(=O)CN(C)Cc1c(C)noc1C)c1c(N)n(CCC)c(=O)[nH]c1=O. The number of H-pyrrole nitrogens is 1. The minimum absolute atomic E-state index is 0.0171. The van der Waals surface area contributed by atoms with Crippen LogP contribution in [0.1, 0.15) is 50.1 Å². The Hall–Kier alpha value is -2.88. The molecule has 2 aromatic heterocycles. The van der Waals surface area contributed by atoms with Gasteiger partial charge in [-0.3, -0.25) is 24.0 Å². The number of nitrogens with two attached hydrogens (primary N) is 1. The van der Waals surface area contributed by atoms with Gasteiger partial charge < -0.3 is 15.2 Å². The van der Waals surface area contributed by atoms with E-state index in [1.807, 2.05) is 39.6 Å². The molecule has 0 radical (unpaired) electrons.